The van der Waals surface area contributed by atoms with Gasteiger partial charge >= 0.3 is 0 Å². The van der Waals surface area contributed by atoms with Crippen molar-refractivity contribution in [1.29, 1.82) is 0 Å². The summed E-state index contributed by atoms with van der Waals surface area (Å²) in [5.41, 5.74) is 1.39. The van der Waals surface area contributed by atoms with Crippen LogP contribution in [-0.4, -0.2) is 23.3 Å². The standard InChI is InChI=1S/C19H15F2N3O2S/c1-10-22-16-8-13(3-5-17(16)27-10)24-9-11(6-18(24)25)19(26)23-15-4-2-12(20)7-14(15)21/h2-5,7-8,11H,6,9H2,1H3,(H,23,26). The number of rotatable bonds is 3. The second-order valence-electron chi connectivity index (χ2n) is 6.40. The Morgan fingerprint density at radius 3 is 2.85 bits per heavy atom. The third kappa shape index (κ3) is 3.40. The molecule has 1 unspecified atom stereocenters. The van der Waals surface area contributed by atoms with Crippen LogP contribution >= 0.6 is 11.3 Å². The molecule has 0 saturated carbocycles. The zero-order valence-electron chi connectivity index (χ0n) is 14.3. The van der Waals surface area contributed by atoms with E-state index in [0.29, 0.717) is 11.8 Å². The molecule has 1 aliphatic heterocycles. The van der Waals surface area contributed by atoms with Crippen molar-refractivity contribution < 1.29 is 18.4 Å². The van der Waals surface area contributed by atoms with Crippen molar-refractivity contribution in [2.45, 2.75) is 13.3 Å². The molecule has 138 valence electrons. The monoisotopic (exact) mass is 387 g/mol. The predicted molar refractivity (Wildman–Crippen MR) is 99.8 cm³/mol. The minimum Gasteiger partial charge on any atom is -0.323 e. The Morgan fingerprint density at radius 2 is 2.07 bits per heavy atom. The van der Waals surface area contributed by atoms with Gasteiger partial charge in [0.05, 0.1) is 26.8 Å². The normalized spacial score (nSPS) is 16.9. The van der Waals surface area contributed by atoms with Crippen molar-refractivity contribution in [3.05, 3.63) is 53.0 Å². The van der Waals surface area contributed by atoms with Gasteiger partial charge in [-0.2, -0.15) is 0 Å². The van der Waals surface area contributed by atoms with E-state index in [4.69, 9.17) is 0 Å². The van der Waals surface area contributed by atoms with Gasteiger partial charge in [0, 0.05) is 24.7 Å². The number of anilines is 2. The third-order valence-corrected chi connectivity index (χ3v) is 5.43. The van der Waals surface area contributed by atoms with Gasteiger partial charge in [0.15, 0.2) is 0 Å². The Balaban J connectivity index is 1.51. The van der Waals surface area contributed by atoms with Gasteiger partial charge < -0.3 is 10.2 Å². The number of aromatic nitrogens is 1. The number of thiazole rings is 1. The Morgan fingerprint density at radius 1 is 1.26 bits per heavy atom. The molecule has 0 radical (unpaired) electrons. The van der Waals surface area contributed by atoms with Crippen LogP contribution in [0, 0.1) is 24.5 Å². The molecule has 0 bridgehead atoms. The first-order chi connectivity index (χ1) is 12.9. The molecule has 0 spiro atoms. The van der Waals surface area contributed by atoms with Gasteiger partial charge in [0.1, 0.15) is 11.6 Å². The third-order valence-electron chi connectivity index (χ3n) is 4.47. The van der Waals surface area contributed by atoms with Gasteiger partial charge in [-0.3, -0.25) is 9.59 Å². The summed E-state index contributed by atoms with van der Waals surface area (Å²) in [7, 11) is 0. The maximum absolute atomic E-state index is 13.7. The van der Waals surface area contributed by atoms with Gasteiger partial charge in [-0.05, 0) is 37.3 Å². The number of carbonyl (C=O) groups excluding carboxylic acids is 2. The van der Waals surface area contributed by atoms with E-state index >= 15 is 0 Å². The topological polar surface area (TPSA) is 62.3 Å². The Labute approximate surface area is 157 Å². The van der Waals surface area contributed by atoms with Gasteiger partial charge in [0.2, 0.25) is 11.8 Å². The van der Waals surface area contributed by atoms with Gasteiger partial charge in [-0.15, -0.1) is 11.3 Å². The average Bonchev–Trinajstić information content (AvgIpc) is 3.18. The Kier molecular flexibility index (Phi) is 4.35. The summed E-state index contributed by atoms with van der Waals surface area (Å²) < 4.78 is 27.7. The van der Waals surface area contributed by atoms with Gasteiger partial charge in [-0.25, -0.2) is 13.8 Å². The van der Waals surface area contributed by atoms with Crippen LogP contribution in [0.25, 0.3) is 10.2 Å². The highest BCUT2D eigenvalue weighted by Gasteiger charge is 2.35. The molecule has 2 amide bonds. The van der Waals surface area contributed by atoms with Crippen LogP contribution in [0.4, 0.5) is 20.2 Å². The lowest BCUT2D eigenvalue weighted by molar-refractivity contribution is -0.122. The van der Waals surface area contributed by atoms with Crippen molar-refractivity contribution in [1.82, 2.24) is 4.98 Å². The fourth-order valence-electron chi connectivity index (χ4n) is 3.16. The van der Waals surface area contributed by atoms with E-state index in [-0.39, 0.29) is 24.6 Å². The van der Waals surface area contributed by atoms with Crippen LogP contribution in [0.15, 0.2) is 36.4 Å². The highest BCUT2D eigenvalue weighted by Crippen LogP contribution is 2.30. The van der Waals surface area contributed by atoms with Crippen molar-refractivity contribution in [3.63, 3.8) is 0 Å². The van der Waals surface area contributed by atoms with E-state index in [9.17, 15) is 18.4 Å². The zero-order chi connectivity index (χ0) is 19.1. The molecule has 1 aromatic heterocycles. The summed E-state index contributed by atoms with van der Waals surface area (Å²) in [5.74, 6) is -2.84. The maximum atomic E-state index is 13.7. The number of hydrogen-bond donors (Lipinski definition) is 1. The molecule has 3 aromatic rings. The second kappa shape index (κ2) is 6.70. The number of nitrogens with one attached hydrogen (secondary N) is 1. The molecule has 1 atom stereocenters. The zero-order valence-corrected chi connectivity index (χ0v) is 15.1. The first-order valence-electron chi connectivity index (χ1n) is 8.34. The lowest BCUT2D eigenvalue weighted by Crippen LogP contribution is -2.28. The average molecular weight is 387 g/mol. The first-order valence-corrected chi connectivity index (χ1v) is 9.16. The number of aryl methyl sites for hydroxylation is 1. The molecule has 1 N–H and O–H groups in total. The maximum Gasteiger partial charge on any atom is 0.229 e. The summed E-state index contributed by atoms with van der Waals surface area (Å²) in [4.78, 5) is 30.8. The Bertz CT molecular complexity index is 1070. The molecular formula is C19H15F2N3O2S. The smallest absolute Gasteiger partial charge is 0.229 e. The number of halogens is 2. The van der Waals surface area contributed by atoms with E-state index in [2.05, 4.69) is 10.3 Å². The first kappa shape index (κ1) is 17.5. The Hall–Kier alpha value is -2.87. The lowest BCUT2D eigenvalue weighted by atomic mass is 10.1. The highest BCUT2D eigenvalue weighted by molar-refractivity contribution is 7.18. The minimum absolute atomic E-state index is 0.0305. The van der Waals surface area contributed by atoms with E-state index in [0.717, 1.165) is 27.4 Å². The molecular weight excluding hydrogens is 372 g/mol. The van der Waals surface area contributed by atoms with Crippen LogP contribution < -0.4 is 10.2 Å². The number of nitrogens with zero attached hydrogens (tertiary/aromatic N) is 2. The summed E-state index contributed by atoms with van der Waals surface area (Å²) >= 11 is 1.57. The molecule has 2 heterocycles. The highest BCUT2D eigenvalue weighted by atomic mass is 32.1. The van der Waals surface area contributed by atoms with E-state index in [1.54, 1.807) is 16.2 Å². The summed E-state index contributed by atoms with van der Waals surface area (Å²) in [6.07, 6.45) is 0.0305. The number of hydrogen-bond acceptors (Lipinski definition) is 4. The molecule has 27 heavy (non-hydrogen) atoms. The fraction of sp³-hybridized carbons (Fsp3) is 0.211. The SMILES string of the molecule is Cc1nc2cc(N3CC(C(=O)Nc4ccc(F)cc4F)CC3=O)ccc2s1. The second-order valence-corrected chi connectivity index (χ2v) is 7.64. The number of amides is 2. The van der Waals surface area contributed by atoms with Crippen molar-refractivity contribution in [2.24, 2.45) is 5.92 Å². The number of fused-ring (bicyclic) bond motifs is 1. The minimum atomic E-state index is -0.853. The summed E-state index contributed by atoms with van der Waals surface area (Å²) in [6.45, 7) is 2.11. The van der Waals surface area contributed by atoms with E-state index in [1.807, 2.05) is 25.1 Å². The molecule has 2 aromatic carbocycles. The van der Waals surface area contributed by atoms with Crippen molar-refractivity contribution >= 4 is 44.7 Å². The molecule has 1 aliphatic rings. The van der Waals surface area contributed by atoms with Crippen molar-refractivity contribution in [3.8, 4) is 0 Å². The molecule has 0 aliphatic carbocycles. The van der Waals surface area contributed by atoms with Crippen LogP contribution in [0.5, 0.6) is 0 Å². The van der Waals surface area contributed by atoms with Gasteiger partial charge in [-0.1, -0.05) is 0 Å². The largest absolute Gasteiger partial charge is 0.323 e. The molecule has 8 heteroatoms. The van der Waals surface area contributed by atoms with Crippen LogP contribution in [-0.2, 0) is 9.59 Å². The van der Waals surface area contributed by atoms with Crippen LogP contribution in [0.3, 0.4) is 0 Å². The predicted octanol–water partition coefficient (Wildman–Crippen LogP) is 3.87. The molecule has 5 nitrogen and oxygen atoms in total. The molecule has 4 rings (SSSR count). The number of benzene rings is 2. The quantitative estimate of drug-likeness (QED) is 0.742. The molecule has 1 saturated heterocycles. The van der Waals surface area contributed by atoms with Crippen LogP contribution in [0.2, 0.25) is 0 Å². The van der Waals surface area contributed by atoms with Gasteiger partial charge in [0.25, 0.3) is 0 Å². The molecule has 1 fully saturated rings. The lowest BCUT2D eigenvalue weighted by Gasteiger charge is -2.17. The summed E-state index contributed by atoms with van der Waals surface area (Å²) in [6, 6.07) is 8.50. The van der Waals surface area contributed by atoms with E-state index in [1.165, 1.54) is 0 Å². The summed E-state index contributed by atoms with van der Waals surface area (Å²) in [5, 5.41) is 3.37. The van der Waals surface area contributed by atoms with E-state index < -0.39 is 23.5 Å². The number of carbonyl (C=O) groups is 2. The van der Waals surface area contributed by atoms with Crippen LogP contribution in [0.1, 0.15) is 11.4 Å². The van der Waals surface area contributed by atoms with Crippen molar-refractivity contribution in [2.75, 3.05) is 16.8 Å². The fourth-order valence-corrected chi connectivity index (χ4v) is 3.96.